The molecule has 5 heteroatoms. The molecule has 1 amide bonds. The highest BCUT2D eigenvalue weighted by Gasteiger charge is 2.25. The third kappa shape index (κ3) is 2.91. The second-order valence-electron chi connectivity index (χ2n) is 3.07. The van der Waals surface area contributed by atoms with Gasteiger partial charge in [-0.1, -0.05) is 0 Å². The zero-order valence-electron chi connectivity index (χ0n) is 7.45. The van der Waals surface area contributed by atoms with Gasteiger partial charge in [0.25, 0.3) is 0 Å². The number of carboxylic acid groups (broad SMARTS) is 1. The molecular weight excluding hydrogens is 190 g/mol. The minimum Gasteiger partial charge on any atom is -0.480 e. The Bertz CT molecular complexity index is 213. The SMILES string of the molecule is C[C@@H](NC(=O)C1CCCS1)C(=O)O. The molecule has 2 N–H and O–H groups in total. The number of hydrogen-bond acceptors (Lipinski definition) is 3. The Kier molecular flexibility index (Phi) is 3.59. The first kappa shape index (κ1) is 10.4. The van der Waals surface area contributed by atoms with E-state index in [9.17, 15) is 9.59 Å². The summed E-state index contributed by atoms with van der Waals surface area (Å²) in [7, 11) is 0. The molecule has 0 bridgehead atoms. The van der Waals surface area contributed by atoms with Crippen LogP contribution < -0.4 is 5.32 Å². The molecule has 74 valence electrons. The van der Waals surface area contributed by atoms with Gasteiger partial charge in [-0.15, -0.1) is 11.8 Å². The van der Waals surface area contributed by atoms with Crippen molar-refractivity contribution in [3.8, 4) is 0 Å². The Balaban J connectivity index is 2.35. The number of rotatable bonds is 3. The van der Waals surface area contributed by atoms with Gasteiger partial charge in [0, 0.05) is 0 Å². The highest BCUT2D eigenvalue weighted by molar-refractivity contribution is 8.00. The molecule has 4 nitrogen and oxygen atoms in total. The quantitative estimate of drug-likeness (QED) is 0.699. The molecule has 0 aromatic carbocycles. The second-order valence-corrected chi connectivity index (χ2v) is 4.38. The molecule has 13 heavy (non-hydrogen) atoms. The summed E-state index contributed by atoms with van der Waals surface area (Å²) < 4.78 is 0. The number of nitrogens with one attached hydrogen (secondary N) is 1. The minimum atomic E-state index is -0.989. The molecule has 0 saturated carbocycles. The van der Waals surface area contributed by atoms with Crippen molar-refractivity contribution in [2.24, 2.45) is 0 Å². The van der Waals surface area contributed by atoms with Crippen LogP contribution in [0.3, 0.4) is 0 Å². The largest absolute Gasteiger partial charge is 0.480 e. The fourth-order valence-electron chi connectivity index (χ4n) is 1.15. The van der Waals surface area contributed by atoms with Gasteiger partial charge in [-0.2, -0.15) is 0 Å². The van der Waals surface area contributed by atoms with Crippen LogP contribution in [0, 0.1) is 0 Å². The molecule has 0 aromatic heterocycles. The Morgan fingerprint density at radius 2 is 2.31 bits per heavy atom. The van der Waals surface area contributed by atoms with Gasteiger partial charge in [-0.3, -0.25) is 9.59 Å². The topological polar surface area (TPSA) is 66.4 Å². The molecule has 1 unspecified atom stereocenters. The highest BCUT2D eigenvalue weighted by atomic mass is 32.2. The van der Waals surface area contributed by atoms with Crippen LogP contribution in [0.15, 0.2) is 0 Å². The van der Waals surface area contributed by atoms with Gasteiger partial charge in [0.15, 0.2) is 0 Å². The van der Waals surface area contributed by atoms with Crippen molar-refractivity contribution in [2.75, 3.05) is 5.75 Å². The maximum atomic E-state index is 11.4. The summed E-state index contributed by atoms with van der Waals surface area (Å²) in [6.07, 6.45) is 1.91. The number of thioether (sulfide) groups is 1. The van der Waals surface area contributed by atoms with E-state index in [0.29, 0.717) is 0 Å². The predicted octanol–water partition coefficient (Wildman–Crippen LogP) is 0.471. The average molecular weight is 203 g/mol. The fraction of sp³-hybridized carbons (Fsp3) is 0.750. The van der Waals surface area contributed by atoms with Crippen LogP contribution in [-0.4, -0.2) is 34.0 Å². The summed E-state index contributed by atoms with van der Waals surface area (Å²) >= 11 is 1.60. The number of carbonyl (C=O) groups is 2. The predicted molar refractivity (Wildman–Crippen MR) is 50.7 cm³/mol. The first-order valence-corrected chi connectivity index (χ1v) is 5.31. The number of carbonyl (C=O) groups excluding carboxylic acids is 1. The van der Waals surface area contributed by atoms with Gasteiger partial charge >= 0.3 is 5.97 Å². The van der Waals surface area contributed by atoms with Crippen LogP contribution in [0.25, 0.3) is 0 Å². The van der Waals surface area contributed by atoms with Crippen LogP contribution in [-0.2, 0) is 9.59 Å². The van der Waals surface area contributed by atoms with E-state index in [1.54, 1.807) is 11.8 Å². The zero-order chi connectivity index (χ0) is 9.84. The number of hydrogen-bond donors (Lipinski definition) is 2. The van der Waals surface area contributed by atoms with Crippen molar-refractivity contribution < 1.29 is 14.7 Å². The maximum absolute atomic E-state index is 11.4. The number of amides is 1. The van der Waals surface area contributed by atoms with Crippen molar-refractivity contribution in [1.82, 2.24) is 5.32 Å². The molecule has 1 aliphatic heterocycles. The molecule has 0 radical (unpaired) electrons. The maximum Gasteiger partial charge on any atom is 0.325 e. The molecule has 1 fully saturated rings. The Labute approximate surface area is 81.1 Å². The summed E-state index contributed by atoms with van der Waals surface area (Å²) in [6.45, 7) is 1.47. The van der Waals surface area contributed by atoms with Gasteiger partial charge in [0.2, 0.25) is 5.91 Å². The molecular formula is C8H13NO3S. The third-order valence-electron chi connectivity index (χ3n) is 1.95. The zero-order valence-corrected chi connectivity index (χ0v) is 8.26. The van der Waals surface area contributed by atoms with Crippen molar-refractivity contribution in [2.45, 2.75) is 31.1 Å². The van der Waals surface area contributed by atoms with Crippen LogP contribution in [0.5, 0.6) is 0 Å². The molecule has 0 aromatic rings. The standard InChI is InChI=1S/C8H13NO3S/c1-5(8(11)12)9-7(10)6-3-2-4-13-6/h5-6H,2-4H2,1H3,(H,9,10)(H,11,12)/t5-,6?/m1/s1. The fourth-order valence-corrected chi connectivity index (χ4v) is 2.32. The van der Waals surface area contributed by atoms with E-state index in [0.717, 1.165) is 18.6 Å². The molecule has 1 rings (SSSR count). The molecule has 1 heterocycles. The minimum absolute atomic E-state index is 0.0400. The molecule has 1 saturated heterocycles. The Morgan fingerprint density at radius 3 is 2.77 bits per heavy atom. The first-order valence-electron chi connectivity index (χ1n) is 4.26. The van der Waals surface area contributed by atoms with Crippen LogP contribution >= 0.6 is 11.8 Å². The van der Waals surface area contributed by atoms with E-state index < -0.39 is 12.0 Å². The van der Waals surface area contributed by atoms with E-state index in [1.807, 2.05) is 0 Å². The van der Waals surface area contributed by atoms with Crippen molar-refractivity contribution in [3.05, 3.63) is 0 Å². The highest BCUT2D eigenvalue weighted by Crippen LogP contribution is 2.26. The monoisotopic (exact) mass is 203 g/mol. The Hall–Kier alpha value is -0.710. The molecule has 1 aliphatic rings. The lowest BCUT2D eigenvalue weighted by Gasteiger charge is -2.12. The first-order chi connectivity index (χ1) is 6.11. The van der Waals surface area contributed by atoms with E-state index in [4.69, 9.17) is 5.11 Å². The smallest absolute Gasteiger partial charge is 0.325 e. The van der Waals surface area contributed by atoms with E-state index in [1.165, 1.54) is 6.92 Å². The second kappa shape index (κ2) is 4.50. The normalized spacial score (nSPS) is 23.9. The molecule has 0 spiro atoms. The van der Waals surface area contributed by atoms with Crippen molar-refractivity contribution in [3.63, 3.8) is 0 Å². The van der Waals surface area contributed by atoms with Gasteiger partial charge < -0.3 is 10.4 Å². The van der Waals surface area contributed by atoms with Gasteiger partial charge in [0.05, 0.1) is 5.25 Å². The summed E-state index contributed by atoms with van der Waals surface area (Å²) in [5, 5.41) is 11.0. The van der Waals surface area contributed by atoms with Gasteiger partial charge in [-0.25, -0.2) is 0 Å². The summed E-state index contributed by atoms with van der Waals surface area (Å²) in [5.74, 6) is -0.131. The number of aliphatic carboxylic acids is 1. The van der Waals surface area contributed by atoms with E-state index in [2.05, 4.69) is 5.32 Å². The average Bonchev–Trinajstić information content (AvgIpc) is 2.55. The summed E-state index contributed by atoms with van der Waals surface area (Å²) in [6, 6.07) is -0.784. The van der Waals surface area contributed by atoms with Crippen LogP contribution in [0.2, 0.25) is 0 Å². The van der Waals surface area contributed by atoms with Crippen molar-refractivity contribution >= 4 is 23.6 Å². The van der Waals surface area contributed by atoms with E-state index >= 15 is 0 Å². The van der Waals surface area contributed by atoms with Gasteiger partial charge in [0.1, 0.15) is 6.04 Å². The molecule has 0 aliphatic carbocycles. The summed E-state index contributed by atoms with van der Waals surface area (Å²) in [4.78, 5) is 21.8. The Morgan fingerprint density at radius 1 is 1.62 bits per heavy atom. The third-order valence-corrected chi connectivity index (χ3v) is 3.33. The van der Waals surface area contributed by atoms with Gasteiger partial charge in [-0.05, 0) is 25.5 Å². The molecule has 2 atom stereocenters. The lowest BCUT2D eigenvalue weighted by atomic mass is 10.2. The van der Waals surface area contributed by atoms with E-state index in [-0.39, 0.29) is 11.2 Å². The summed E-state index contributed by atoms with van der Waals surface area (Å²) in [5.41, 5.74) is 0. The van der Waals surface area contributed by atoms with Crippen LogP contribution in [0.4, 0.5) is 0 Å². The lowest BCUT2D eigenvalue weighted by molar-refractivity contribution is -0.141. The lowest BCUT2D eigenvalue weighted by Crippen LogP contribution is -2.42. The van der Waals surface area contributed by atoms with Crippen molar-refractivity contribution in [1.29, 1.82) is 0 Å². The van der Waals surface area contributed by atoms with Crippen LogP contribution in [0.1, 0.15) is 19.8 Å². The number of carboxylic acids is 1.